The van der Waals surface area contributed by atoms with E-state index in [1.165, 1.54) is 6.42 Å². The minimum atomic E-state index is -0.110. The van der Waals surface area contributed by atoms with E-state index in [0.29, 0.717) is 6.61 Å². The summed E-state index contributed by atoms with van der Waals surface area (Å²) >= 11 is 0. The van der Waals surface area contributed by atoms with Gasteiger partial charge < -0.3 is 9.47 Å². The molecule has 2 fully saturated rings. The molecule has 3 heteroatoms. The first-order valence-electron chi connectivity index (χ1n) is 6.09. The first-order valence-corrected chi connectivity index (χ1v) is 6.09. The topological polar surface area (TPSA) is 38.8 Å². The fourth-order valence-corrected chi connectivity index (χ4v) is 2.40. The molecule has 1 heterocycles. The van der Waals surface area contributed by atoms with Crippen LogP contribution in [0.2, 0.25) is 0 Å². The minimum Gasteiger partial charge on any atom is -0.465 e. The van der Waals surface area contributed by atoms with Gasteiger partial charge in [0.1, 0.15) is 5.60 Å². The molecule has 1 saturated carbocycles. The van der Waals surface area contributed by atoms with E-state index in [1.807, 2.05) is 0 Å². The van der Waals surface area contributed by atoms with Gasteiger partial charge in [-0.2, -0.15) is 0 Å². The van der Waals surface area contributed by atoms with Crippen LogP contribution in [0.3, 0.4) is 0 Å². The van der Waals surface area contributed by atoms with Crippen LogP contribution >= 0.6 is 0 Å². The molecule has 0 aromatic rings. The third kappa shape index (κ3) is 2.33. The molecule has 3 nitrogen and oxygen atoms in total. The first kappa shape index (κ1) is 10.9. The Kier molecular flexibility index (Phi) is 3.29. The lowest BCUT2D eigenvalue weighted by atomic mass is 9.79. The number of carbonyl (C=O) groups excluding carboxylic acids is 1. The Balaban J connectivity index is 1.83. The van der Waals surface area contributed by atoms with Gasteiger partial charge in [0, 0.05) is 0 Å². The second kappa shape index (κ2) is 4.52. The van der Waals surface area contributed by atoms with E-state index in [2.05, 4.69) is 6.92 Å². The van der Waals surface area contributed by atoms with Crippen molar-refractivity contribution in [1.29, 1.82) is 0 Å². The number of hydrogen-bond donors (Lipinski definition) is 0. The Hall–Kier alpha value is -0.570. The Labute approximate surface area is 91.1 Å². The van der Waals surface area contributed by atoms with E-state index in [4.69, 9.17) is 9.47 Å². The second-order valence-electron chi connectivity index (χ2n) is 4.67. The number of epoxide rings is 1. The standard InChI is InChI=1S/C12H20O3/c1-2-3-8-14-11(13)10-6-4-5-7-12(10)9-15-12/h10H,2-9H2,1H3. The summed E-state index contributed by atoms with van der Waals surface area (Å²) in [6.07, 6.45) is 6.36. The summed E-state index contributed by atoms with van der Waals surface area (Å²) in [4.78, 5) is 11.8. The average Bonchev–Trinajstić information content (AvgIpc) is 2.99. The van der Waals surface area contributed by atoms with Crippen LogP contribution in [0.25, 0.3) is 0 Å². The Morgan fingerprint density at radius 3 is 3.00 bits per heavy atom. The van der Waals surface area contributed by atoms with E-state index in [1.54, 1.807) is 0 Å². The van der Waals surface area contributed by atoms with Crippen LogP contribution in [0.5, 0.6) is 0 Å². The Bertz CT molecular complexity index is 233. The lowest BCUT2D eigenvalue weighted by molar-refractivity contribution is -0.152. The molecular formula is C12H20O3. The van der Waals surface area contributed by atoms with Gasteiger partial charge in [0.05, 0.1) is 19.1 Å². The second-order valence-corrected chi connectivity index (χ2v) is 4.67. The molecule has 86 valence electrons. The molecule has 2 rings (SSSR count). The van der Waals surface area contributed by atoms with Crippen LogP contribution in [0, 0.1) is 5.92 Å². The molecule has 0 amide bonds. The van der Waals surface area contributed by atoms with Crippen LogP contribution in [0.4, 0.5) is 0 Å². The molecule has 1 aliphatic carbocycles. The molecule has 1 aliphatic heterocycles. The first-order chi connectivity index (χ1) is 7.28. The van der Waals surface area contributed by atoms with Gasteiger partial charge in [0.2, 0.25) is 0 Å². The van der Waals surface area contributed by atoms with Crippen LogP contribution < -0.4 is 0 Å². The third-order valence-corrected chi connectivity index (χ3v) is 3.52. The van der Waals surface area contributed by atoms with Gasteiger partial charge in [0.15, 0.2) is 0 Å². The van der Waals surface area contributed by atoms with Crippen LogP contribution in [-0.2, 0) is 14.3 Å². The third-order valence-electron chi connectivity index (χ3n) is 3.52. The molecule has 2 aliphatic rings. The molecule has 0 aromatic heterocycles. The zero-order chi connectivity index (χ0) is 10.7. The zero-order valence-corrected chi connectivity index (χ0v) is 9.46. The normalized spacial score (nSPS) is 34.1. The highest BCUT2D eigenvalue weighted by molar-refractivity contribution is 5.74. The smallest absolute Gasteiger partial charge is 0.311 e. The zero-order valence-electron chi connectivity index (χ0n) is 9.46. The highest BCUT2D eigenvalue weighted by atomic mass is 16.6. The summed E-state index contributed by atoms with van der Waals surface area (Å²) in [5, 5.41) is 0. The molecule has 0 bridgehead atoms. The van der Waals surface area contributed by atoms with Crippen molar-refractivity contribution in [3.8, 4) is 0 Å². The number of carbonyl (C=O) groups is 1. The molecular weight excluding hydrogens is 192 g/mol. The maximum Gasteiger partial charge on any atom is 0.311 e. The molecule has 2 atom stereocenters. The highest BCUT2D eigenvalue weighted by Crippen LogP contribution is 2.46. The largest absolute Gasteiger partial charge is 0.465 e. The Morgan fingerprint density at radius 1 is 1.53 bits per heavy atom. The van der Waals surface area contributed by atoms with Gasteiger partial charge in [-0.25, -0.2) is 0 Å². The van der Waals surface area contributed by atoms with Crippen molar-refractivity contribution in [2.24, 2.45) is 5.92 Å². The maximum absolute atomic E-state index is 11.8. The van der Waals surface area contributed by atoms with E-state index < -0.39 is 0 Å². The molecule has 1 saturated heterocycles. The van der Waals surface area contributed by atoms with Gasteiger partial charge in [-0.1, -0.05) is 26.2 Å². The van der Waals surface area contributed by atoms with Crippen LogP contribution in [0.1, 0.15) is 45.4 Å². The number of hydrogen-bond acceptors (Lipinski definition) is 3. The van der Waals surface area contributed by atoms with Crippen molar-refractivity contribution in [2.75, 3.05) is 13.2 Å². The lowest BCUT2D eigenvalue weighted by Crippen LogP contribution is -2.36. The lowest BCUT2D eigenvalue weighted by Gasteiger charge is -2.26. The maximum atomic E-state index is 11.8. The summed E-state index contributed by atoms with van der Waals surface area (Å²) in [5.74, 6) is -0.0104. The predicted octanol–water partition coefficient (Wildman–Crippen LogP) is 2.29. The van der Waals surface area contributed by atoms with Crippen molar-refractivity contribution in [2.45, 2.75) is 51.0 Å². The highest BCUT2D eigenvalue weighted by Gasteiger charge is 2.55. The van der Waals surface area contributed by atoms with Gasteiger partial charge in [-0.15, -0.1) is 0 Å². The van der Waals surface area contributed by atoms with Crippen LogP contribution in [0.15, 0.2) is 0 Å². The van der Waals surface area contributed by atoms with E-state index in [0.717, 1.165) is 38.7 Å². The van der Waals surface area contributed by atoms with Crippen molar-refractivity contribution in [3.05, 3.63) is 0 Å². The SMILES string of the molecule is CCCCOC(=O)C1CCCCC12CO2. The van der Waals surface area contributed by atoms with Gasteiger partial charge >= 0.3 is 5.97 Å². The molecule has 1 spiro atoms. The van der Waals surface area contributed by atoms with Crippen molar-refractivity contribution >= 4 is 5.97 Å². The predicted molar refractivity (Wildman–Crippen MR) is 56.5 cm³/mol. The van der Waals surface area contributed by atoms with E-state index >= 15 is 0 Å². The van der Waals surface area contributed by atoms with E-state index in [9.17, 15) is 4.79 Å². The van der Waals surface area contributed by atoms with Gasteiger partial charge in [-0.05, 0) is 19.3 Å². The fraction of sp³-hybridized carbons (Fsp3) is 0.917. The summed E-state index contributed by atoms with van der Waals surface area (Å²) < 4.78 is 10.8. The van der Waals surface area contributed by atoms with Gasteiger partial charge in [-0.3, -0.25) is 4.79 Å². The van der Waals surface area contributed by atoms with Crippen molar-refractivity contribution < 1.29 is 14.3 Å². The molecule has 2 unspecified atom stereocenters. The molecule has 0 radical (unpaired) electrons. The number of unbranched alkanes of at least 4 members (excludes halogenated alkanes) is 1. The Morgan fingerprint density at radius 2 is 2.33 bits per heavy atom. The van der Waals surface area contributed by atoms with Crippen molar-refractivity contribution in [1.82, 2.24) is 0 Å². The van der Waals surface area contributed by atoms with Crippen molar-refractivity contribution in [3.63, 3.8) is 0 Å². The fourth-order valence-electron chi connectivity index (χ4n) is 2.40. The molecule has 0 N–H and O–H groups in total. The van der Waals surface area contributed by atoms with Crippen LogP contribution in [-0.4, -0.2) is 24.8 Å². The number of ether oxygens (including phenoxy) is 2. The summed E-state index contributed by atoms with van der Waals surface area (Å²) in [5.41, 5.74) is -0.110. The summed E-state index contributed by atoms with van der Waals surface area (Å²) in [7, 11) is 0. The molecule has 15 heavy (non-hydrogen) atoms. The minimum absolute atomic E-state index is 0.0168. The number of rotatable bonds is 4. The summed E-state index contributed by atoms with van der Waals surface area (Å²) in [6.45, 7) is 3.43. The average molecular weight is 212 g/mol. The van der Waals surface area contributed by atoms with Gasteiger partial charge in [0.25, 0.3) is 0 Å². The monoisotopic (exact) mass is 212 g/mol. The number of esters is 1. The summed E-state index contributed by atoms with van der Waals surface area (Å²) in [6, 6.07) is 0. The van der Waals surface area contributed by atoms with E-state index in [-0.39, 0.29) is 17.5 Å². The molecule has 0 aromatic carbocycles. The quantitative estimate of drug-likeness (QED) is 0.408.